The third-order valence-corrected chi connectivity index (χ3v) is 8.79. The summed E-state index contributed by atoms with van der Waals surface area (Å²) in [5.41, 5.74) is -0.366. The highest BCUT2D eigenvalue weighted by molar-refractivity contribution is 8.13. The van der Waals surface area contributed by atoms with Gasteiger partial charge in [-0.15, -0.1) is 0 Å². The minimum Gasteiger partial charge on any atom is -0.352 e. The molecule has 186 valence electrons. The highest BCUT2D eigenvalue weighted by Crippen LogP contribution is 2.50. The maximum absolute atomic E-state index is 12.2. The van der Waals surface area contributed by atoms with E-state index in [1.54, 1.807) is 0 Å². The van der Waals surface area contributed by atoms with E-state index < -0.39 is 14.7 Å². The summed E-state index contributed by atoms with van der Waals surface area (Å²) in [6, 6.07) is 1.51. The molecule has 1 unspecified atom stereocenters. The Labute approximate surface area is 198 Å². The van der Waals surface area contributed by atoms with Crippen LogP contribution in [0.15, 0.2) is 0 Å². The molecule has 0 aromatic carbocycles. The Balaban J connectivity index is 5.06. The van der Waals surface area contributed by atoms with Crippen LogP contribution in [0.3, 0.4) is 0 Å². The second kappa shape index (κ2) is 15.2. The van der Waals surface area contributed by atoms with Crippen LogP contribution in [-0.4, -0.2) is 70.5 Å². The molecular weight excluding hydrogens is 431 g/mol. The van der Waals surface area contributed by atoms with Crippen molar-refractivity contribution in [1.29, 1.82) is 0 Å². The van der Waals surface area contributed by atoms with E-state index >= 15 is 0 Å². The lowest BCUT2D eigenvalue weighted by Gasteiger charge is -2.45. The van der Waals surface area contributed by atoms with E-state index in [0.717, 1.165) is 0 Å². The molecular formula is C23H49N2O4PS. The number of carbonyl (C=O) groups excluding carboxylic acids is 1. The van der Waals surface area contributed by atoms with E-state index in [2.05, 4.69) is 64.7 Å². The molecule has 6 nitrogen and oxygen atoms in total. The van der Waals surface area contributed by atoms with Crippen LogP contribution in [0.4, 0.5) is 0 Å². The molecule has 0 saturated heterocycles. The molecule has 0 aliphatic rings. The molecule has 8 heteroatoms. The zero-order chi connectivity index (χ0) is 24.4. The van der Waals surface area contributed by atoms with Crippen LogP contribution >= 0.6 is 20.2 Å². The van der Waals surface area contributed by atoms with Crippen molar-refractivity contribution in [3.63, 3.8) is 0 Å². The lowest BCUT2D eigenvalue weighted by atomic mass is 10.00. The third kappa shape index (κ3) is 11.8. The van der Waals surface area contributed by atoms with Crippen molar-refractivity contribution in [2.75, 3.05) is 25.6 Å². The lowest BCUT2D eigenvalue weighted by molar-refractivity contribution is -0.129. The Morgan fingerprint density at radius 3 is 1.65 bits per heavy atom. The van der Waals surface area contributed by atoms with Gasteiger partial charge in [-0.25, -0.2) is 9.34 Å². The van der Waals surface area contributed by atoms with Crippen molar-refractivity contribution in [3.05, 3.63) is 0 Å². The van der Waals surface area contributed by atoms with Gasteiger partial charge in [-0.2, -0.15) is 0 Å². The zero-order valence-corrected chi connectivity index (χ0v) is 23.8. The monoisotopic (exact) mass is 480 g/mol. The Bertz CT molecular complexity index is 462. The lowest BCUT2D eigenvalue weighted by Crippen LogP contribution is -2.43. The molecule has 0 aromatic heterocycles. The van der Waals surface area contributed by atoms with Gasteiger partial charge in [0.25, 0.3) is 0 Å². The largest absolute Gasteiger partial charge is 0.352 e. The highest BCUT2D eigenvalue weighted by Gasteiger charge is 2.34. The summed E-state index contributed by atoms with van der Waals surface area (Å²) in [5.74, 6) is 0.493. The third-order valence-electron chi connectivity index (χ3n) is 4.42. The number of nitrogens with zero attached hydrogens (tertiary/aromatic N) is 2. The zero-order valence-electron chi connectivity index (χ0n) is 22.1. The van der Waals surface area contributed by atoms with Crippen LogP contribution < -0.4 is 0 Å². The van der Waals surface area contributed by atoms with E-state index in [1.165, 1.54) is 11.8 Å². The smallest absolute Gasteiger partial charge is 0.194 e. The summed E-state index contributed by atoms with van der Waals surface area (Å²) in [4.78, 5) is 12.2. The Morgan fingerprint density at radius 2 is 1.29 bits per heavy atom. The quantitative estimate of drug-likeness (QED) is 0.158. The molecule has 0 N–H and O–H groups in total. The summed E-state index contributed by atoms with van der Waals surface area (Å²) in [7, 11) is -0.931. The van der Waals surface area contributed by atoms with Gasteiger partial charge in [0, 0.05) is 36.2 Å². The number of carbonyl (C=O) groups is 1. The van der Waals surface area contributed by atoms with Crippen molar-refractivity contribution in [3.8, 4) is 0 Å². The number of thioether (sulfide) groups is 1. The topological polar surface area (TPSA) is 51.2 Å². The minimum absolute atomic E-state index is 0.148. The predicted molar refractivity (Wildman–Crippen MR) is 135 cm³/mol. The molecule has 0 saturated carbocycles. The van der Waals surface area contributed by atoms with E-state index in [9.17, 15) is 4.79 Å². The van der Waals surface area contributed by atoms with Crippen LogP contribution in [0.2, 0.25) is 0 Å². The molecule has 1 atom stereocenters. The second-order valence-corrected chi connectivity index (χ2v) is 12.5. The maximum Gasteiger partial charge on any atom is 0.194 e. The number of rotatable bonds is 15. The Kier molecular flexibility index (Phi) is 15.3. The second-order valence-electron chi connectivity index (χ2n) is 9.83. The van der Waals surface area contributed by atoms with Crippen LogP contribution in [-0.2, 0) is 18.8 Å². The molecule has 0 amide bonds. The van der Waals surface area contributed by atoms with Gasteiger partial charge in [0.05, 0.1) is 19.0 Å². The van der Waals surface area contributed by atoms with Crippen molar-refractivity contribution in [2.45, 2.75) is 114 Å². The van der Waals surface area contributed by atoms with Gasteiger partial charge in [-0.05, 0) is 62.3 Å². The fourth-order valence-electron chi connectivity index (χ4n) is 3.22. The molecule has 0 bridgehead atoms. The highest BCUT2D eigenvalue weighted by atomic mass is 32.2. The van der Waals surface area contributed by atoms with Gasteiger partial charge in [0.2, 0.25) is 0 Å². The number of ether oxygens (including phenoxy) is 2. The Morgan fingerprint density at radius 1 is 0.839 bits per heavy atom. The van der Waals surface area contributed by atoms with Crippen LogP contribution in [0.25, 0.3) is 0 Å². The fraction of sp³-hybridized carbons (Fsp3) is 0.957. The van der Waals surface area contributed by atoms with Gasteiger partial charge >= 0.3 is 0 Å². The van der Waals surface area contributed by atoms with Gasteiger partial charge in [0.15, 0.2) is 19.9 Å². The van der Waals surface area contributed by atoms with Crippen molar-refractivity contribution in [1.82, 2.24) is 9.34 Å². The van der Waals surface area contributed by atoms with Crippen LogP contribution in [0.5, 0.6) is 0 Å². The molecule has 0 heterocycles. The van der Waals surface area contributed by atoms with Crippen LogP contribution in [0, 0.1) is 5.41 Å². The maximum atomic E-state index is 12.2. The first-order valence-electron chi connectivity index (χ1n) is 11.6. The average molecular weight is 481 g/mol. The van der Waals surface area contributed by atoms with E-state index in [4.69, 9.17) is 14.0 Å². The van der Waals surface area contributed by atoms with Crippen molar-refractivity contribution < 1.29 is 18.8 Å². The summed E-state index contributed by atoms with van der Waals surface area (Å²) in [6.07, 6.45) is -0.409. The standard InChI is InChI=1S/C23H49N2O4PS/c1-13-27-21(16-31-22(26)23(10,11)12)28-14-15-29-30(24(17(2)3)18(4)5)25(19(6)7)20(8)9/h17-21H,13-16H2,1-12H3. The average Bonchev–Trinajstić information content (AvgIpc) is 2.60. The predicted octanol–water partition coefficient (Wildman–Crippen LogP) is 6.15. The first kappa shape index (κ1) is 31.2. The molecule has 31 heavy (non-hydrogen) atoms. The summed E-state index contributed by atoms with van der Waals surface area (Å²) in [5, 5.41) is 0.148. The van der Waals surface area contributed by atoms with Gasteiger partial charge in [0.1, 0.15) is 0 Å². The van der Waals surface area contributed by atoms with Gasteiger partial charge in [-0.3, -0.25) is 4.79 Å². The molecule has 0 aromatic rings. The SMILES string of the molecule is CCOC(CSC(=O)C(C)(C)C)OCCOP(N(C(C)C)C(C)C)N(C(C)C)C(C)C. The van der Waals surface area contributed by atoms with Gasteiger partial charge in [-0.1, -0.05) is 32.5 Å². The fourth-order valence-corrected chi connectivity index (χ4v) is 6.46. The van der Waals surface area contributed by atoms with Crippen molar-refractivity contribution in [2.24, 2.45) is 5.41 Å². The number of hydrogen-bond donors (Lipinski definition) is 0. The van der Waals surface area contributed by atoms with Gasteiger partial charge < -0.3 is 14.0 Å². The molecule has 0 fully saturated rings. The molecule has 0 aliphatic carbocycles. The first-order chi connectivity index (χ1) is 14.2. The van der Waals surface area contributed by atoms with Crippen molar-refractivity contribution >= 4 is 25.3 Å². The van der Waals surface area contributed by atoms with E-state index in [1.807, 2.05) is 27.7 Å². The molecule has 0 rings (SSSR count). The summed E-state index contributed by atoms with van der Waals surface area (Å²) < 4.78 is 23.1. The molecule has 0 spiro atoms. The minimum atomic E-state index is -0.931. The summed E-state index contributed by atoms with van der Waals surface area (Å²) in [6.45, 7) is 27.0. The first-order valence-corrected chi connectivity index (χ1v) is 13.8. The summed E-state index contributed by atoms with van der Waals surface area (Å²) >= 11 is 1.28. The molecule has 0 aliphatic heterocycles. The molecule has 0 radical (unpaired) electrons. The van der Waals surface area contributed by atoms with E-state index in [0.29, 0.717) is 49.7 Å². The normalized spacial score (nSPS) is 14.3. The number of hydrogen-bond acceptors (Lipinski definition) is 7. The van der Waals surface area contributed by atoms with E-state index in [-0.39, 0.29) is 10.5 Å². The Hall–Kier alpha value is 0.250. The van der Waals surface area contributed by atoms with Crippen LogP contribution in [0.1, 0.15) is 83.1 Å².